The first-order chi connectivity index (χ1) is 7.69. The molecule has 2 rings (SSSR count). The molecule has 0 fully saturated rings. The van der Waals surface area contributed by atoms with Crippen molar-refractivity contribution < 1.29 is 19.7 Å². The van der Waals surface area contributed by atoms with Crippen LogP contribution in [0.1, 0.15) is 36.2 Å². The fraction of sp³-hybridized carbons (Fsp3) is 0.500. The van der Waals surface area contributed by atoms with Crippen LogP contribution in [0, 0.1) is 0 Å². The molecule has 88 valence electrons. The molecule has 0 saturated carbocycles. The number of aliphatic hydroxyl groups is 2. The lowest BCUT2D eigenvalue weighted by molar-refractivity contribution is 0.0862. The van der Waals surface area contributed by atoms with Crippen molar-refractivity contribution >= 4 is 0 Å². The Morgan fingerprint density at radius 2 is 1.31 bits per heavy atom. The summed E-state index contributed by atoms with van der Waals surface area (Å²) >= 11 is 0. The van der Waals surface area contributed by atoms with Gasteiger partial charge in [0.2, 0.25) is 0 Å². The molecule has 16 heavy (non-hydrogen) atoms. The molecule has 0 bridgehead atoms. The summed E-state index contributed by atoms with van der Waals surface area (Å²) in [6.07, 6.45) is -0.109. The maximum Gasteiger partial charge on any atom is 0.125 e. The van der Waals surface area contributed by atoms with Gasteiger partial charge in [0, 0.05) is 11.1 Å². The number of aliphatic hydroxyl groups excluding tert-OH is 2. The molecule has 1 aromatic carbocycles. The fourth-order valence-electron chi connectivity index (χ4n) is 2.24. The van der Waals surface area contributed by atoms with Gasteiger partial charge in [0.1, 0.15) is 11.5 Å². The molecule has 2 atom stereocenters. The third-order valence-corrected chi connectivity index (χ3v) is 3.03. The van der Waals surface area contributed by atoms with Crippen molar-refractivity contribution in [1.82, 2.24) is 0 Å². The van der Waals surface area contributed by atoms with Gasteiger partial charge >= 0.3 is 0 Å². The summed E-state index contributed by atoms with van der Waals surface area (Å²) in [4.78, 5) is 0. The average molecular weight is 224 g/mol. The summed E-state index contributed by atoms with van der Waals surface area (Å²) in [5, 5.41) is 19.9. The van der Waals surface area contributed by atoms with Gasteiger partial charge in [-0.2, -0.15) is 0 Å². The second kappa shape index (κ2) is 4.31. The number of hydrogen-bond donors (Lipinski definition) is 2. The number of hydrogen-bond acceptors (Lipinski definition) is 4. The number of methoxy groups -OCH3 is 2. The summed E-state index contributed by atoms with van der Waals surface area (Å²) in [6.45, 7) is 0. The molecule has 0 spiro atoms. The Morgan fingerprint density at radius 3 is 1.62 bits per heavy atom. The van der Waals surface area contributed by atoms with Crippen LogP contribution in [0.3, 0.4) is 0 Å². The first kappa shape index (κ1) is 11.2. The van der Waals surface area contributed by atoms with Gasteiger partial charge in [0.25, 0.3) is 0 Å². The molecule has 0 aliphatic heterocycles. The molecule has 0 unspecified atom stereocenters. The first-order valence-electron chi connectivity index (χ1n) is 5.30. The third kappa shape index (κ3) is 1.64. The van der Waals surface area contributed by atoms with Crippen molar-refractivity contribution in [1.29, 1.82) is 0 Å². The van der Waals surface area contributed by atoms with E-state index in [2.05, 4.69) is 0 Å². The Kier molecular flexibility index (Phi) is 3.03. The topological polar surface area (TPSA) is 58.9 Å². The summed E-state index contributed by atoms with van der Waals surface area (Å²) in [5.74, 6) is 1.20. The van der Waals surface area contributed by atoms with Crippen molar-refractivity contribution in [2.24, 2.45) is 0 Å². The molecule has 0 amide bonds. The van der Waals surface area contributed by atoms with Gasteiger partial charge in [-0.25, -0.2) is 0 Å². The van der Waals surface area contributed by atoms with Gasteiger partial charge in [-0.05, 0) is 25.0 Å². The average Bonchev–Trinajstić information content (AvgIpc) is 2.32. The Labute approximate surface area is 94.4 Å². The quantitative estimate of drug-likeness (QED) is 0.800. The minimum Gasteiger partial charge on any atom is -0.496 e. The zero-order valence-corrected chi connectivity index (χ0v) is 9.43. The monoisotopic (exact) mass is 224 g/mol. The maximum atomic E-state index is 9.96. The minimum atomic E-state index is -0.594. The highest BCUT2D eigenvalue weighted by atomic mass is 16.5. The number of rotatable bonds is 2. The molecule has 1 aliphatic carbocycles. The highest BCUT2D eigenvalue weighted by Crippen LogP contribution is 2.45. The van der Waals surface area contributed by atoms with Crippen LogP contribution in [0.4, 0.5) is 0 Å². The molecule has 0 heterocycles. The SMILES string of the molecule is COc1ccc(OC)c2c1[C@H](O)CC[C@@H]2O. The number of ether oxygens (including phenoxy) is 2. The van der Waals surface area contributed by atoms with Crippen LogP contribution in [0.25, 0.3) is 0 Å². The lowest BCUT2D eigenvalue weighted by Gasteiger charge is -2.28. The van der Waals surface area contributed by atoms with E-state index in [4.69, 9.17) is 9.47 Å². The van der Waals surface area contributed by atoms with Crippen molar-refractivity contribution in [2.75, 3.05) is 14.2 Å². The Balaban J connectivity index is 2.63. The van der Waals surface area contributed by atoms with Gasteiger partial charge in [-0.1, -0.05) is 0 Å². The van der Waals surface area contributed by atoms with Gasteiger partial charge in [0.05, 0.1) is 26.4 Å². The van der Waals surface area contributed by atoms with Crippen molar-refractivity contribution in [3.63, 3.8) is 0 Å². The predicted octanol–water partition coefficient (Wildman–Crippen LogP) is 1.56. The maximum absolute atomic E-state index is 9.96. The first-order valence-corrected chi connectivity index (χ1v) is 5.30. The summed E-state index contributed by atoms with van der Waals surface area (Å²) in [6, 6.07) is 3.50. The number of benzene rings is 1. The smallest absolute Gasteiger partial charge is 0.125 e. The third-order valence-electron chi connectivity index (χ3n) is 3.03. The molecule has 4 nitrogen and oxygen atoms in total. The van der Waals surface area contributed by atoms with E-state index >= 15 is 0 Å². The molecule has 0 aromatic heterocycles. The van der Waals surface area contributed by atoms with Crippen molar-refractivity contribution in [2.45, 2.75) is 25.0 Å². The second-order valence-corrected chi connectivity index (χ2v) is 3.91. The predicted molar refractivity (Wildman–Crippen MR) is 58.7 cm³/mol. The Morgan fingerprint density at radius 1 is 0.938 bits per heavy atom. The normalized spacial score (nSPS) is 23.8. The van der Waals surface area contributed by atoms with Crippen LogP contribution >= 0.6 is 0 Å². The van der Waals surface area contributed by atoms with E-state index in [-0.39, 0.29) is 0 Å². The van der Waals surface area contributed by atoms with Crippen molar-refractivity contribution in [3.05, 3.63) is 23.3 Å². The van der Waals surface area contributed by atoms with E-state index in [1.165, 1.54) is 0 Å². The van der Waals surface area contributed by atoms with E-state index < -0.39 is 12.2 Å². The van der Waals surface area contributed by atoms with E-state index in [9.17, 15) is 10.2 Å². The zero-order valence-electron chi connectivity index (χ0n) is 9.43. The van der Waals surface area contributed by atoms with Crippen LogP contribution in [-0.4, -0.2) is 24.4 Å². The van der Waals surface area contributed by atoms with Crippen molar-refractivity contribution in [3.8, 4) is 11.5 Å². The lowest BCUT2D eigenvalue weighted by Crippen LogP contribution is -2.16. The molecular weight excluding hydrogens is 208 g/mol. The zero-order chi connectivity index (χ0) is 11.7. The second-order valence-electron chi connectivity index (χ2n) is 3.91. The Bertz CT molecular complexity index is 352. The van der Waals surface area contributed by atoms with Gasteiger partial charge < -0.3 is 19.7 Å². The molecule has 4 heteroatoms. The minimum absolute atomic E-state index is 0.539. The van der Waals surface area contributed by atoms with E-state index in [1.54, 1.807) is 26.4 Å². The molecule has 0 saturated heterocycles. The summed E-state index contributed by atoms with van der Waals surface area (Å²) < 4.78 is 10.4. The van der Waals surface area contributed by atoms with Crippen LogP contribution in [0.5, 0.6) is 11.5 Å². The highest BCUT2D eigenvalue weighted by molar-refractivity contribution is 5.52. The largest absolute Gasteiger partial charge is 0.496 e. The van der Waals surface area contributed by atoms with Crippen LogP contribution in [0.2, 0.25) is 0 Å². The lowest BCUT2D eigenvalue weighted by atomic mass is 9.86. The summed E-state index contributed by atoms with van der Waals surface area (Å²) in [5.41, 5.74) is 1.31. The summed E-state index contributed by atoms with van der Waals surface area (Å²) in [7, 11) is 3.10. The molecule has 2 N–H and O–H groups in total. The van der Waals surface area contributed by atoms with Gasteiger partial charge in [-0.3, -0.25) is 0 Å². The van der Waals surface area contributed by atoms with E-state index in [1.807, 2.05) is 0 Å². The molecular formula is C12H16O4. The van der Waals surface area contributed by atoms with Crippen LogP contribution in [-0.2, 0) is 0 Å². The fourth-order valence-corrected chi connectivity index (χ4v) is 2.24. The molecule has 1 aromatic rings. The van der Waals surface area contributed by atoms with Crippen LogP contribution < -0.4 is 9.47 Å². The Hall–Kier alpha value is -1.26. The van der Waals surface area contributed by atoms with Gasteiger partial charge in [0.15, 0.2) is 0 Å². The van der Waals surface area contributed by atoms with Crippen LogP contribution in [0.15, 0.2) is 12.1 Å². The van der Waals surface area contributed by atoms with Gasteiger partial charge in [-0.15, -0.1) is 0 Å². The number of fused-ring (bicyclic) bond motifs is 1. The molecule has 0 radical (unpaired) electrons. The highest BCUT2D eigenvalue weighted by Gasteiger charge is 2.30. The van der Waals surface area contributed by atoms with E-state index in [0.717, 1.165) is 0 Å². The van der Waals surface area contributed by atoms with E-state index in [0.29, 0.717) is 35.5 Å². The molecule has 1 aliphatic rings. The standard InChI is InChI=1S/C12H16O4/c1-15-9-5-6-10(16-2)12-8(14)4-3-7(13)11(9)12/h5-8,13-14H,3-4H2,1-2H3/t7-,8+.